The summed E-state index contributed by atoms with van der Waals surface area (Å²) in [6.07, 6.45) is 0.403. The van der Waals surface area contributed by atoms with Crippen molar-refractivity contribution >= 4 is 18.5 Å². The summed E-state index contributed by atoms with van der Waals surface area (Å²) in [5.74, 6) is 0. The number of nitrogens with two attached hydrogens (primary N) is 1. The molecule has 7 heteroatoms. The van der Waals surface area contributed by atoms with Crippen molar-refractivity contribution in [1.82, 2.24) is 4.90 Å². The van der Waals surface area contributed by atoms with Crippen LogP contribution in [0.2, 0.25) is 0 Å². The molecule has 0 heterocycles. The second-order valence-corrected chi connectivity index (χ2v) is 7.32. The van der Waals surface area contributed by atoms with Crippen LogP contribution in [0.15, 0.2) is 0 Å². The Balaban J connectivity index is 5.29. The molecule has 0 radical (unpaired) electrons. The molecule has 1 atom stereocenters. The lowest BCUT2D eigenvalue weighted by Crippen LogP contribution is -2.49. The Morgan fingerprint density at radius 1 is 1.00 bits per heavy atom. The average Bonchev–Trinajstić information content (AvgIpc) is 2.33. The summed E-state index contributed by atoms with van der Waals surface area (Å²) in [5, 5.41) is 0. The standard InChI is InChI=1S/C16H30N2O5/c1-15(2,3)22-13(20)18(14(21)23-16(4,5)6)12(11-19)9-7-8-10-17/h11-12H,7-10,17H2,1-6H3. The molecule has 0 aliphatic rings. The maximum atomic E-state index is 12.3. The summed E-state index contributed by atoms with van der Waals surface area (Å²) in [6, 6.07) is -0.939. The van der Waals surface area contributed by atoms with Crippen LogP contribution < -0.4 is 5.73 Å². The van der Waals surface area contributed by atoms with Crippen LogP contribution in [0.1, 0.15) is 60.8 Å². The topological polar surface area (TPSA) is 98.9 Å². The van der Waals surface area contributed by atoms with Gasteiger partial charge in [-0.15, -0.1) is 0 Å². The van der Waals surface area contributed by atoms with Gasteiger partial charge in [0.15, 0.2) is 0 Å². The van der Waals surface area contributed by atoms with Crippen molar-refractivity contribution < 1.29 is 23.9 Å². The SMILES string of the molecule is CC(C)(C)OC(=O)N(C(=O)OC(C)(C)C)C(C=O)CCCCN. The Hall–Kier alpha value is -1.63. The molecule has 7 nitrogen and oxygen atoms in total. The van der Waals surface area contributed by atoms with Crippen molar-refractivity contribution in [1.29, 1.82) is 0 Å². The number of rotatable bonds is 6. The fraction of sp³-hybridized carbons (Fsp3) is 0.812. The minimum absolute atomic E-state index is 0.319. The average molecular weight is 330 g/mol. The number of nitrogens with zero attached hydrogens (tertiary/aromatic N) is 1. The number of amides is 2. The summed E-state index contributed by atoms with van der Waals surface area (Å²) in [4.78, 5) is 36.8. The van der Waals surface area contributed by atoms with Crippen LogP contribution in [0.3, 0.4) is 0 Å². The molecule has 0 aliphatic carbocycles. The first kappa shape index (κ1) is 21.4. The molecule has 2 N–H and O–H groups in total. The van der Waals surface area contributed by atoms with Crippen LogP contribution in [0.5, 0.6) is 0 Å². The quantitative estimate of drug-likeness (QED) is 0.594. The minimum Gasteiger partial charge on any atom is -0.443 e. The van der Waals surface area contributed by atoms with E-state index in [1.54, 1.807) is 41.5 Å². The van der Waals surface area contributed by atoms with Crippen molar-refractivity contribution in [3.8, 4) is 0 Å². The molecule has 0 bridgehead atoms. The van der Waals surface area contributed by atoms with Gasteiger partial charge in [0.1, 0.15) is 23.5 Å². The van der Waals surface area contributed by atoms with E-state index in [0.29, 0.717) is 32.1 Å². The third kappa shape index (κ3) is 9.18. The van der Waals surface area contributed by atoms with Gasteiger partial charge in [-0.2, -0.15) is 0 Å². The number of carbonyl (C=O) groups is 3. The summed E-state index contributed by atoms with van der Waals surface area (Å²) in [5.41, 5.74) is 3.85. The van der Waals surface area contributed by atoms with Crippen LogP contribution in [-0.4, -0.2) is 47.2 Å². The van der Waals surface area contributed by atoms with Crippen molar-refractivity contribution in [2.24, 2.45) is 5.73 Å². The molecule has 0 rings (SSSR count). The van der Waals surface area contributed by atoms with Gasteiger partial charge in [-0.05, 0) is 67.3 Å². The highest BCUT2D eigenvalue weighted by Gasteiger charge is 2.36. The molecule has 0 spiro atoms. The molecule has 0 aromatic carbocycles. The summed E-state index contributed by atoms with van der Waals surface area (Å²) >= 11 is 0. The second kappa shape index (κ2) is 8.86. The van der Waals surface area contributed by atoms with Gasteiger partial charge in [0.2, 0.25) is 0 Å². The summed E-state index contributed by atoms with van der Waals surface area (Å²) < 4.78 is 10.5. The number of carbonyl (C=O) groups excluding carboxylic acids is 3. The van der Waals surface area contributed by atoms with E-state index in [1.807, 2.05) is 0 Å². The monoisotopic (exact) mass is 330 g/mol. The Labute approximate surface area is 138 Å². The third-order valence-electron chi connectivity index (χ3n) is 2.62. The molecule has 23 heavy (non-hydrogen) atoms. The van der Waals surface area contributed by atoms with E-state index in [-0.39, 0.29) is 0 Å². The number of aldehydes is 1. The van der Waals surface area contributed by atoms with E-state index in [9.17, 15) is 14.4 Å². The number of hydrogen-bond acceptors (Lipinski definition) is 6. The lowest BCUT2D eigenvalue weighted by atomic mass is 10.1. The predicted octanol–water partition coefficient (Wildman–Crippen LogP) is 2.86. The summed E-state index contributed by atoms with van der Waals surface area (Å²) in [7, 11) is 0. The van der Waals surface area contributed by atoms with Crippen LogP contribution in [0, 0.1) is 0 Å². The molecule has 0 aromatic rings. The fourth-order valence-electron chi connectivity index (χ4n) is 1.72. The lowest BCUT2D eigenvalue weighted by molar-refractivity contribution is -0.112. The molecule has 0 saturated carbocycles. The second-order valence-electron chi connectivity index (χ2n) is 7.32. The van der Waals surface area contributed by atoms with Gasteiger partial charge in [0.25, 0.3) is 0 Å². The number of ether oxygens (including phenoxy) is 2. The van der Waals surface area contributed by atoms with Crippen LogP contribution in [0.4, 0.5) is 9.59 Å². The van der Waals surface area contributed by atoms with Crippen molar-refractivity contribution in [3.05, 3.63) is 0 Å². The molecular weight excluding hydrogens is 300 g/mol. The highest BCUT2D eigenvalue weighted by atomic mass is 16.6. The maximum Gasteiger partial charge on any atom is 0.420 e. The first-order valence-corrected chi connectivity index (χ1v) is 7.82. The smallest absolute Gasteiger partial charge is 0.420 e. The Kier molecular flexibility index (Phi) is 8.23. The molecular formula is C16H30N2O5. The zero-order valence-corrected chi connectivity index (χ0v) is 15.0. The molecule has 0 aromatic heterocycles. The van der Waals surface area contributed by atoms with Gasteiger partial charge in [-0.25, -0.2) is 14.5 Å². The van der Waals surface area contributed by atoms with Crippen molar-refractivity contribution in [2.45, 2.75) is 78.0 Å². The van der Waals surface area contributed by atoms with E-state index >= 15 is 0 Å². The van der Waals surface area contributed by atoms with Crippen LogP contribution in [0.25, 0.3) is 0 Å². The van der Waals surface area contributed by atoms with E-state index in [2.05, 4.69) is 0 Å². The van der Waals surface area contributed by atoms with Gasteiger partial charge >= 0.3 is 12.2 Å². The predicted molar refractivity (Wildman–Crippen MR) is 87.1 cm³/mol. The van der Waals surface area contributed by atoms with Crippen LogP contribution in [-0.2, 0) is 14.3 Å². The van der Waals surface area contributed by atoms with Gasteiger partial charge < -0.3 is 20.0 Å². The molecule has 1 unspecified atom stereocenters. The molecule has 0 aliphatic heterocycles. The van der Waals surface area contributed by atoms with Gasteiger partial charge in [-0.3, -0.25) is 0 Å². The first-order chi connectivity index (χ1) is 10.4. The largest absolute Gasteiger partial charge is 0.443 e. The number of unbranched alkanes of at least 4 members (excludes halogenated alkanes) is 1. The fourth-order valence-corrected chi connectivity index (χ4v) is 1.72. The van der Waals surface area contributed by atoms with Gasteiger partial charge in [-0.1, -0.05) is 0 Å². The highest BCUT2D eigenvalue weighted by Crippen LogP contribution is 2.18. The molecule has 0 saturated heterocycles. The molecule has 2 amide bonds. The zero-order chi connectivity index (χ0) is 18.3. The lowest BCUT2D eigenvalue weighted by Gasteiger charge is -2.31. The third-order valence-corrected chi connectivity index (χ3v) is 2.62. The molecule has 0 fully saturated rings. The first-order valence-electron chi connectivity index (χ1n) is 7.82. The molecule has 134 valence electrons. The zero-order valence-electron chi connectivity index (χ0n) is 15.0. The van der Waals surface area contributed by atoms with Crippen LogP contribution >= 0.6 is 0 Å². The van der Waals surface area contributed by atoms with Gasteiger partial charge in [0.05, 0.1) is 0 Å². The van der Waals surface area contributed by atoms with E-state index in [4.69, 9.17) is 15.2 Å². The number of hydrogen-bond donors (Lipinski definition) is 1. The summed E-state index contributed by atoms with van der Waals surface area (Å²) in [6.45, 7) is 10.6. The Morgan fingerprint density at radius 3 is 1.74 bits per heavy atom. The minimum atomic E-state index is -0.939. The van der Waals surface area contributed by atoms with Crippen molar-refractivity contribution in [3.63, 3.8) is 0 Å². The van der Waals surface area contributed by atoms with Crippen molar-refractivity contribution in [2.75, 3.05) is 6.54 Å². The Morgan fingerprint density at radius 2 is 1.43 bits per heavy atom. The normalized spacial score (nSPS) is 13.2. The Bertz CT molecular complexity index is 382. The van der Waals surface area contributed by atoms with E-state index in [0.717, 1.165) is 4.90 Å². The maximum absolute atomic E-state index is 12.3. The van der Waals surface area contributed by atoms with E-state index < -0.39 is 29.4 Å². The van der Waals surface area contributed by atoms with Gasteiger partial charge in [0, 0.05) is 0 Å². The highest BCUT2D eigenvalue weighted by molar-refractivity contribution is 5.91. The number of imide groups is 1. The van der Waals surface area contributed by atoms with E-state index in [1.165, 1.54) is 0 Å².